The molecule has 0 bridgehead atoms. The van der Waals surface area contributed by atoms with E-state index in [0.717, 1.165) is 30.7 Å². The minimum Gasteiger partial charge on any atom is -0.496 e. The largest absolute Gasteiger partial charge is 0.496 e. The molecule has 2 N–H and O–H groups in total. The zero-order valence-electron chi connectivity index (χ0n) is 11.3. The van der Waals surface area contributed by atoms with Crippen LogP contribution in [0.5, 0.6) is 5.75 Å². The van der Waals surface area contributed by atoms with Crippen LogP contribution in [-0.4, -0.2) is 24.4 Å². The maximum absolute atomic E-state index is 9.58. The standard InChI is InChI=1S/C15H23NO2/c1-12-5-6-14(18-2)13(9-12)10-16-15(11-17)7-3-4-8-15/h5-6,9,16-17H,3-4,7-8,10-11H2,1-2H3. The van der Waals surface area contributed by atoms with Gasteiger partial charge >= 0.3 is 0 Å². The molecule has 1 aliphatic rings. The monoisotopic (exact) mass is 249 g/mol. The summed E-state index contributed by atoms with van der Waals surface area (Å²) in [5.74, 6) is 0.916. The summed E-state index contributed by atoms with van der Waals surface area (Å²) in [6.07, 6.45) is 4.55. The van der Waals surface area contributed by atoms with Crippen molar-refractivity contribution < 1.29 is 9.84 Å². The van der Waals surface area contributed by atoms with Crippen LogP contribution >= 0.6 is 0 Å². The van der Waals surface area contributed by atoms with Gasteiger partial charge in [-0.2, -0.15) is 0 Å². The number of benzene rings is 1. The van der Waals surface area contributed by atoms with Crippen LogP contribution in [0.1, 0.15) is 36.8 Å². The Bertz CT molecular complexity index is 397. The van der Waals surface area contributed by atoms with Gasteiger partial charge in [0.05, 0.1) is 13.7 Å². The molecule has 2 rings (SSSR count). The van der Waals surface area contributed by atoms with Gasteiger partial charge in [0, 0.05) is 17.6 Å². The molecule has 1 saturated carbocycles. The van der Waals surface area contributed by atoms with E-state index in [2.05, 4.69) is 24.4 Å². The Morgan fingerprint density at radius 3 is 2.67 bits per heavy atom. The highest BCUT2D eigenvalue weighted by Crippen LogP contribution is 2.30. The molecule has 0 heterocycles. The van der Waals surface area contributed by atoms with Gasteiger partial charge in [0.25, 0.3) is 0 Å². The summed E-state index contributed by atoms with van der Waals surface area (Å²) in [6.45, 7) is 3.06. The summed E-state index contributed by atoms with van der Waals surface area (Å²) in [7, 11) is 1.70. The average Bonchev–Trinajstić information content (AvgIpc) is 2.86. The van der Waals surface area contributed by atoms with Crippen molar-refractivity contribution in [1.82, 2.24) is 5.32 Å². The van der Waals surface area contributed by atoms with E-state index >= 15 is 0 Å². The van der Waals surface area contributed by atoms with Crippen LogP contribution in [0.15, 0.2) is 18.2 Å². The van der Waals surface area contributed by atoms with E-state index in [1.54, 1.807) is 7.11 Å². The summed E-state index contributed by atoms with van der Waals surface area (Å²) in [5.41, 5.74) is 2.32. The molecule has 3 heteroatoms. The van der Waals surface area contributed by atoms with Gasteiger partial charge < -0.3 is 15.2 Å². The Kier molecular flexibility index (Phi) is 4.25. The van der Waals surface area contributed by atoms with E-state index in [1.807, 2.05) is 6.07 Å². The number of rotatable bonds is 5. The quantitative estimate of drug-likeness (QED) is 0.842. The van der Waals surface area contributed by atoms with Gasteiger partial charge in [-0.05, 0) is 25.8 Å². The molecule has 0 saturated heterocycles. The molecular weight excluding hydrogens is 226 g/mol. The lowest BCUT2D eigenvalue weighted by atomic mass is 9.98. The molecule has 0 aromatic heterocycles. The lowest BCUT2D eigenvalue weighted by molar-refractivity contribution is 0.162. The molecular formula is C15H23NO2. The summed E-state index contributed by atoms with van der Waals surface area (Å²) < 4.78 is 5.38. The Balaban J connectivity index is 2.07. The first kappa shape index (κ1) is 13.4. The normalized spacial score (nSPS) is 17.9. The van der Waals surface area contributed by atoms with Crippen molar-refractivity contribution in [2.45, 2.75) is 44.7 Å². The third-order valence-electron chi connectivity index (χ3n) is 3.95. The van der Waals surface area contributed by atoms with E-state index in [4.69, 9.17) is 4.74 Å². The van der Waals surface area contributed by atoms with Gasteiger partial charge in [-0.3, -0.25) is 0 Å². The molecule has 100 valence electrons. The van der Waals surface area contributed by atoms with E-state index < -0.39 is 0 Å². The zero-order chi connectivity index (χ0) is 13.0. The second-order valence-corrected chi connectivity index (χ2v) is 5.31. The highest BCUT2D eigenvalue weighted by molar-refractivity contribution is 5.36. The number of aliphatic hydroxyl groups is 1. The van der Waals surface area contributed by atoms with Crippen molar-refractivity contribution in [2.24, 2.45) is 0 Å². The molecule has 0 atom stereocenters. The molecule has 0 radical (unpaired) electrons. The van der Waals surface area contributed by atoms with Crippen LogP contribution in [0.4, 0.5) is 0 Å². The van der Waals surface area contributed by atoms with Crippen LogP contribution in [0.2, 0.25) is 0 Å². The second kappa shape index (κ2) is 5.72. The lowest BCUT2D eigenvalue weighted by Gasteiger charge is -2.28. The molecule has 0 amide bonds. The topological polar surface area (TPSA) is 41.5 Å². The van der Waals surface area contributed by atoms with Gasteiger partial charge in [0.1, 0.15) is 5.75 Å². The summed E-state index contributed by atoms with van der Waals surface area (Å²) >= 11 is 0. The Hall–Kier alpha value is -1.06. The van der Waals surface area contributed by atoms with Crippen molar-refractivity contribution in [3.05, 3.63) is 29.3 Å². The average molecular weight is 249 g/mol. The lowest BCUT2D eigenvalue weighted by Crippen LogP contribution is -2.45. The minimum absolute atomic E-state index is 0.0746. The first-order valence-corrected chi connectivity index (χ1v) is 6.68. The maximum Gasteiger partial charge on any atom is 0.123 e. The highest BCUT2D eigenvalue weighted by atomic mass is 16.5. The van der Waals surface area contributed by atoms with Crippen molar-refractivity contribution in [3.8, 4) is 5.75 Å². The van der Waals surface area contributed by atoms with Crippen molar-refractivity contribution in [2.75, 3.05) is 13.7 Å². The predicted molar refractivity (Wildman–Crippen MR) is 72.9 cm³/mol. The van der Waals surface area contributed by atoms with Gasteiger partial charge in [0.15, 0.2) is 0 Å². The summed E-state index contributed by atoms with van der Waals surface area (Å²) in [5, 5.41) is 13.1. The third-order valence-corrected chi connectivity index (χ3v) is 3.95. The molecule has 1 fully saturated rings. The Morgan fingerprint density at radius 2 is 2.06 bits per heavy atom. The zero-order valence-corrected chi connectivity index (χ0v) is 11.3. The van der Waals surface area contributed by atoms with Crippen LogP contribution < -0.4 is 10.1 Å². The summed E-state index contributed by atoms with van der Waals surface area (Å²) in [6, 6.07) is 6.21. The smallest absolute Gasteiger partial charge is 0.123 e. The van der Waals surface area contributed by atoms with Gasteiger partial charge in [-0.1, -0.05) is 30.5 Å². The number of ether oxygens (including phenoxy) is 1. The Labute approximate surface area is 109 Å². The predicted octanol–water partition coefficient (Wildman–Crippen LogP) is 2.40. The molecule has 18 heavy (non-hydrogen) atoms. The van der Waals surface area contributed by atoms with Crippen LogP contribution in [0, 0.1) is 6.92 Å². The molecule has 0 unspecified atom stereocenters. The fraction of sp³-hybridized carbons (Fsp3) is 0.600. The second-order valence-electron chi connectivity index (χ2n) is 5.31. The summed E-state index contributed by atoms with van der Waals surface area (Å²) in [4.78, 5) is 0. The maximum atomic E-state index is 9.58. The molecule has 1 aromatic rings. The minimum atomic E-state index is -0.0746. The molecule has 1 aromatic carbocycles. The number of hydrogen-bond acceptors (Lipinski definition) is 3. The molecule has 3 nitrogen and oxygen atoms in total. The van der Waals surface area contributed by atoms with E-state index in [0.29, 0.717) is 0 Å². The number of nitrogens with one attached hydrogen (secondary N) is 1. The first-order valence-electron chi connectivity index (χ1n) is 6.68. The van der Waals surface area contributed by atoms with Crippen molar-refractivity contribution >= 4 is 0 Å². The first-order chi connectivity index (χ1) is 8.69. The molecule has 0 spiro atoms. The van der Waals surface area contributed by atoms with Gasteiger partial charge in [-0.15, -0.1) is 0 Å². The third kappa shape index (κ3) is 2.85. The fourth-order valence-corrected chi connectivity index (χ4v) is 2.77. The van der Waals surface area contributed by atoms with E-state index in [9.17, 15) is 5.11 Å². The number of aliphatic hydroxyl groups excluding tert-OH is 1. The number of hydrogen-bond donors (Lipinski definition) is 2. The number of aryl methyl sites for hydroxylation is 1. The van der Waals surface area contributed by atoms with Crippen LogP contribution in [-0.2, 0) is 6.54 Å². The highest BCUT2D eigenvalue weighted by Gasteiger charge is 2.32. The SMILES string of the molecule is COc1ccc(C)cc1CNC1(CO)CCCC1. The van der Waals surface area contributed by atoms with Crippen molar-refractivity contribution in [3.63, 3.8) is 0 Å². The molecule has 1 aliphatic carbocycles. The van der Waals surface area contributed by atoms with E-state index in [-0.39, 0.29) is 12.1 Å². The van der Waals surface area contributed by atoms with Gasteiger partial charge in [-0.25, -0.2) is 0 Å². The van der Waals surface area contributed by atoms with E-state index in [1.165, 1.54) is 18.4 Å². The van der Waals surface area contributed by atoms with Crippen molar-refractivity contribution in [1.29, 1.82) is 0 Å². The fourth-order valence-electron chi connectivity index (χ4n) is 2.77. The van der Waals surface area contributed by atoms with Crippen LogP contribution in [0.3, 0.4) is 0 Å². The van der Waals surface area contributed by atoms with Gasteiger partial charge in [0.2, 0.25) is 0 Å². The van der Waals surface area contributed by atoms with Crippen LogP contribution in [0.25, 0.3) is 0 Å². The number of methoxy groups -OCH3 is 1. The Morgan fingerprint density at radius 1 is 1.33 bits per heavy atom. The molecule has 0 aliphatic heterocycles.